The van der Waals surface area contributed by atoms with Gasteiger partial charge in [-0.05, 0) is 12.8 Å². The van der Waals surface area contributed by atoms with Crippen molar-refractivity contribution in [1.82, 2.24) is 0 Å². The van der Waals surface area contributed by atoms with Gasteiger partial charge in [0.1, 0.15) is 19.8 Å². The summed E-state index contributed by atoms with van der Waals surface area (Å²) in [5, 5.41) is 0. The minimum atomic E-state index is -4.62. The number of phosphoric acid groups is 1. The van der Waals surface area contributed by atoms with Crippen molar-refractivity contribution in [3.63, 3.8) is 0 Å². The Morgan fingerprint density at radius 3 is 1.10 bits per heavy atom. The fourth-order valence-corrected chi connectivity index (χ4v) is 7.97. The molecule has 0 saturated carbocycles. The maximum absolute atomic E-state index is 12.7. The minimum absolute atomic E-state index is 0.0254. The number of rotatable bonds is 46. The Morgan fingerprint density at radius 1 is 0.466 bits per heavy atom. The largest absolute Gasteiger partial charge is 0.756 e. The standard InChI is InChI=1S/C48H96NO8P/c1-6-8-10-12-14-16-18-20-22-24-25-27-28-30-32-34-36-38-40-47(50)54-44-46(45-56-58(52,53)55-43-42-49(3,4)5)57-48(51)41-39-37-35-33-31-29-26-23-21-19-17-15-13-11-9-7-2/h46H,6-45H2,1-5H3. The Labute approximate surface area is 359 Å². The predicted octanol–water partition coefficient (Wildman–Crippen LogP) is 13.7. The number of esters is 2. The van der Waals surface area contributed by atoms with Crippen LogP contribution in [0.4, 0.5) is 0 Å². The van der Waals surface area contributed by atoms with E-state index in [2.05, 4.69) is 13.8 Å². The molecule has 0 aromatic heterocycles. The maximum atomic E-state index is 12.7. The average molecular weight is 846 g/mol. The highest BCUT2D eigenvalue weighted by atomic mass is 31.2. The van der Waals surface area contributed by atoms with Gasteiger partial charge < -0.3 is 27.9 Å². The van der Waals surface area contributed by atoms with Crippen LogP contribution in [-0.2, 0) is 32.7 Å². The van der Waals surface area contributed by atoms with E-state index < -0.39 is 26.5 Å². The van der Waals surface area contributed by atoms with Crippen molar-refractivity contribution in [2.75, 3.05) is 47.5 Å². The van der Waals surface area contributed by atoms with E-state index in [9.17, 15) is 19.0 Å². The summed E-state index contributed by atoms with van der Waals surface area (Å²) in [6.07, 6.45) is 42.7. The van der Waals surface area contributed by atoms with Crippen LogP contribution in [0.5, 0.6) is 0 Å². The molecule has 2 atom stereocenters. The number of likely N-dealkylation sites (N-methyl/N-ethyl adjacent to an activating group) is 1. The quantitative estimate of drug-likeness (QED) is 0.0258. The lowest BCUT2D eigenvalue weighted by molar-refractivity contribution is -0.870. The molecular formula is C48H96NO8P. The Balaban J connectivity index is 4.23. The van der Waals surface area contributed by atoms with E-state index in [-0.39, 0.29) is 32.0 Å². The number of carbonyl (C=O) groups excluding carboxylic acids is 2. The number of phosphoric ester groups is 1. The smallest absolute Gasteiger partial charge is 0.306 e. The molecule has 0 aromatic carbocycles. The van der Waals surface area contributed by atoms with E-state index >= 15 is 0 Å². The third-order valence-electron chi connectivity index (χ3n) is 11.1. The second kappa shape index (κ2) is 41.4. The highest BCUT2D eigenvalue weighted by Crippen LogP contribution is 2.38. The Kier molecular flexibility index (Phi) is 40.7. The number of nitrogens with zero attached hydrogens (tertiary/aromatic N) is 1. The molecule has 0 heterocycles. The number of hydrogen-bond acceptors (Lipinski definition) is 8. The third kappa shape index (κ3) is 44.6. The van der Waals surface area contributed by atoms with E-state index in [1.165, 1.54) is 180 Å². The molecule has 9 nitrogen and oxygen atoms in total. The van der Waals surface area contributed by atoms with Crippen molar-refractivity contribution in [3.05, 3.63) is 0 Å². The molecule has 0 aromatic rings. The summed E-state index contributed by atoms with van der Waals surface area (Å²) in [5.41, 5.74) is 0. The first-order chi connectivity index (χ1) is 28.0. The van der Waals surface area contributed by atoms with Crippen molar-refractivity contribution in [3.8, 4) is 0 Å². The number of quaternary nitrogens is 1. The first-order valence-electron chi connectivity index (χ1n) is 24.7. The molecule has 0 aliphatic heterocycles. The van der Waals surface area contributed by atoms with Gasteiger partial charge in [-0.15, -0.1) is 0 Å². The molecule has 0 radical (unpaired) electrons. The van der Waals surface area contributed by atoms with Gasteiger partial charge in [0.25, 0.3) is 7.82 Å². The number of carbonyl (C=O) groups is 2. The Morgan fingerprint density at radius 2 is 0.776 bits per heavy atom. The van der Waals surface area contributed by atoms with Crippen LogP contribution in [0, 0.1) is 0 Å². The summed E-state index contributed by atoms with van der Waals surface area (Å²) in [7, 11) is 1.19. The van der Waals surface area contributed by atoms with Crippen LogP contribution in [0.2, 0.25) is 0 Å². The van der Waals surface area contributed by atoms with Gasteiger partial charge in [0.15, 0.2) is 6.10 Å². The highest BCUT2D eigenvalue weighted by molar-refractivity contribution is 7.45. The molecule has 0 fully saturated rings. The topological polar surface area (TPSA) is 111 Å². The van der Waals surface area contributed by atoms with Gasteiger partial charge in [-0.3, -0.25) is 14.2 Å². The molecule has 0 N–H and O–H groups in total. The number of hydrogen-bond donors (Lipinski definition) is 0. The van der Waals surface area contributed by atoms with Gasteiger partial charge in [0.2, 0.25) is 0 Å². The molecule has 0 aliphatic carbocycles. The second-order valence-corrected chi connectivity index (χ2v) is 19.6. The maximum Gasteiger partial charge on any atom is 0.306 e. The van der Waals surface area contributed by atoms with E-state index in [4.69, 9.17) is 18.5 Å². The molecule has 0 spiro atoms. The van der Waals surface area contributed by atoms with Crippen molar-refractivity contribution in [2.24, 2.45) is 0 Å². The van der Waals surface area contributed by atoms with Crippen LogP contribution in [0.25, 0.3) is 0 Å². The summed E-state index contributed by atoms with van der Waals surface area (Å²) in [5.74, 6) is -0.815. The van der Waals surface area contributed by atoms with Crippen molar-refractivity contribution >= 4 is 19.8 Å². The average Bonchev–Trinajstić information content (AvgIpc) is 3.17. The molecular weight excluding hydrogens is 750 g/mol. The summed E-state index contributed by atoms with van der Waals surface area (Å²) < 4.78 is 34.0. The fourth-order valence-electron chi connectivity index (χ4n) is 7.25. The number of unbranched alkanes of at least 4 members (excludes halogenated alkanes) is 32. The van der Waals surface area contributed by atoms with Crippen molar-refractivity contribution < 1.29 is 42.1 Å². The van der Waals surface area contributed by atoms with Crippen LogP contribution >= 0.6 is 7.82 Å². The molecule has 0 aliphatic rings. The van der Waals surface area contributed by atoms with Crippen molar-refractivity contribution in [2.45, 2.75) is 251 Å². The Hall–Kier alpha value is -0.990. The normalized spacial score (nSPS) is 13.4. The van der Waals surface area contributed by atoms with Gasteiger partial charge in [-0.25, -0.2) is 0 Å². The zero-order valence-corrected chi connectivity index (χ0v) is 39.9. The van der Waals surface area contributed by atoms with Gasteiger partial charge >= 0.3 is 11.9 Å². The molecule has 0 amide bonds. The first kappa shape index (κ1) is 57.0. The first-order valence-corrected chi connectivity index (χ1v) is 26.2. The zero-order chi connectivity index (χ0) is 42.8. The molecule has 10 heteroatoms. The van der Waals surface area contributed by atoms with E-state index in [0.29, 0.717) is 17.4 Å². The third-order valence-corrected chi connectivity index (χ3v) is 12.1. The fraction of sp³-hybridized carbons (Fsp3) is 0.958. The molecule has 0 rings (SSSR count). The van der Waals surface area contributed by atoms with Crippen LogP contribution in [-0.4, -0.2) is 70.0 Å². The predicted molar refractivity (Wildman–Crippen MR) is 241 cm³/mol. The summed E-state index contributed by atoms with van der Waals surface area (Å²) >= 11 is 0. The number of ether oxygens (including phenoxy) is 2. The SMILES string of the molecule is CCCCCCCCCCCCCCCCCCCCC(=O)OCC(COP(=O)([O-])OCC[N+](C)(C)C)OC(=O)CCCCCCCCCCCCCCCCCC. The molecule has 0 saturated heterocycles. The molecule has 58 heavy (non-hydrogen) atoms. The van der Waals surface area contributed by atoms with Gasteiger partial charge in [0.05, 0.1) is 27.7 Å². The Bertz CT molecular complexity index is 958. The van der Waals surface area contributed by atoms with Crippen LogP contribution in [0.15, 0.2) is 0 Å². The molecule has 346 valence electrons. The van der Waals surface area contributed by atoms with Crippen molar-refractivity contribution in [1.29, 1.82) is 0 Å². The van der Waals surface area contributed by atoms with E-state index in [1.54, 1.807) is 0 Å². The van der Waals surface area contributed by atoms with Crippen LogP contribution in [0.1, 0.15) is 245 Å². The van der Waals surface area contributed by atoms with E-state index in [0.717, 1.165) is 32.1 Å². The van der Waals surface area contributed by atoms with Crippen LogP contribution < -0.4 is 4.89 Å². The highest BCUT2D eigenvalue weighted by Gasteiger charge is 2.21. The van der Waals surface area contributed by atoms with E-state index in [1.807, 2.05) is 21.1 Å². The second-order valence-electron chi connectivity index (χ2n) is 18.2. The summed E-state index contributed by atoms with van der Waals surface area (Å²) in [4.78, 5) is 37.6. The summed E-state index contributed by atoms with van der Waals surface area (Å²) in [6, 6.07) is 0. The minimum Gasteiger partial charge on any atom is -0.756 e. The van der Waals surface area contributed by atoms with Gasteiger partial charge in [0, 0.05) is 12.8 Å². The lowest BCUT2D eigenvalue weighted by atomic mass is 10.0. The summed E-state index contributed by atoms with van der Waals surface area (Å²) in [6.45, 7) is 4.29. The monoisotopic (exact) mass is 846 g/mol. The van der Waals surface area contributed by atoms with Crippen LogP contribution in [0.3, 0.4) is 0 Å². The van der Waals surface area contributed by atoms with Gasteiger partial charge in [-0.2, -0.15) is 0 Å². The lowest BCUT2D eigenvalue weighted by Gasteiger charge is -2.28. The zero-order valence-electron chi connectivity index (χ0n) is 39.0. The molecule has 2 unspecified atom stereocenters. The van der Waals surface area contributed by atoms with Gasteiger partial charge in [-0.1, -0.05) is 219 Å². The lowest BCUT2D eigenvalue weighted by Crippen LogP contribution is -2.37. The molecule has 0 bridgehead atoms.